The van der Waals surface area contributed by atoms with Crippen molar-refractivity contribution in [3.63, 3.8) is 0 Å². The third-order valence-corrected chi connectivity index (χ3v) is 9.41. The fraction of sp³-hybridized carbons (Fsp3) is 0.214. The van der Waals surface area contributed by atoms with Crippen LogP contribution in [0.15, 0.2) is 103 Å². The lowest BCUT2D eigenvalue weighted by atomic mass is 9.71. The average Bonchev–Trinajstić information content (AvgIpc) is 3.09. The highest BCUT2D eigenvalue weighted by molar-refractivity contribution is 6.10. The fourth-order valence-electron chi connectivity index (χ4n) is 7.23. The number of fused-ring (bicyclic) bond motifs is 6. The van der Waals surface area contributed by atoms with Gasteiger partial charge < -0.3 is 19.9 Å². The molecular weight excluding hydrogens is 628 g/mol. The number of benzene rings is 6. The van der Waals surface area contributed by atoms with Crippen molar-refractivity contribution in [3.05, 3.63) is 131 Å². The Morgan fingerprint density at radius 2 is 1.54 bits per heavy atom. The number of aldehydes is 1. The van der Waals surface area contributed by atoms with Gasteiger partial charge in [-0.3, -0.25) is 10.1 Å². The average molecular weight is 667 g/mol. The molecule has 7 rings (SSSR count). The van der Waals surface area contributed by atoms with E-state index in [2.05, 4.69) is 28.8 Å². The number of alkyl carbamates (subject to hydrolysis) is 1. The number of hydrogen-bond donors (Lipinski definition) is 3. The second-order valence-electron chi connectivity index (χ2n) is 13.9. The molecule has 0 saturated heterocycles. The zero-order chi connectivity index (χ0) is 35.0. The van der Waals surface area contributed by atoms with Crippen LogP contribution in [0.25, 0.3) is 32.3 Å². The number of amides is 2. The number of aryl methyl sites for hydroxylation is 1. The maximum Gasteiger partial charge on any atom is 0.411 e. The highest BCUT2D eigenvalue weighted by atomic mass is 16.6. The quantitative estimate of drug-likeness (QED) is 0.121. The number of carbonyl (C=O) groups is 3. The van der Waals surface area contributed by atoms with Crippen LogP contribution in [0.4, 0.5) is 15.3 Å². The lowest BCUT2D eigenvalue weighted by Gasteiger charge is -2.41. The molecule has 0 heterocycles. The predicted octanol–water partition coefficient (Wildman–Crippen LogP) is 9.32. The number of anilines is 1. The van der Waals surface area contributed by atoms with Gasteiger partial charge in [0.05, 0.1) is 11.2 Å². The number of phenols is 1. The van der Waals surface area contributed by atoms with Crippen molar-refractivity contribution in [1.29, 1.82) is 0 Å². The number of hydrogen-bond acceptors (Lipinski definition) is 6. The van der Waals surface area contributed by atoms with Crippen LogP contribution in [0.3, 0.4) is 0 Å². The maximum atomic E-state index is 13.7. The van der Waals surface area contributed by atoms with Gasteiger partial charge in [0.1, 0.15) is 18.0 Å². The van der Waals surface area contributed by atoms with Crippen LogP contribution in [0.2, 0.25) is 0 Å². The fourth-order valence-corrected chi connectivity index (χ4v) is 7.23. The highest BCUT2D eigenvalue weighted by Gasteiger charge is 2.42. The van der Waals surface area contributed by atoms with Crippen molar-refractivity contribution >= 4 is 56.5 Å². The van der Waals surface area contributed by atoms with Crippen LogP contribution >= 0.6 is 0 Å². The molecule has 2 amide bonds. The topological polar surface area (TPSA) is 114 Å². The monoisotopic (exact) mass is 666 g/mol. The molecule has 8 nitrogen and oxygen atoms in total. The van der Waals surface area contributed by atoms with Gasteiger partial charge in [0.2, 0.25) is 0 Å². The summed E-state index contributed by atoms with van der Waals surface area (Å²) in [6, 6.07) is 32.4. The van der Waals surface area contributed by atoms with Crippen molar-refractivity contribution in [3.8, 4) is 5.75 Å². The van der Waals surface area contributed by atoms with Gasteiger partial charge in [-0.25, -0.2) is 9.59 Å². The molecule has 0 aromatic heterocycles. The van der Waals surface area contributed by atoms with Gasteiger partial charge in [-0.1, -0.05) is 84.9 Å². The Labute approximate surface area is 290 Å². The zero-order valence-electron chi connectivity index (χ0n) is 28.2. The molecule has 0 aliphatic heterocycles. The maximum absolute atomic E-state index is 13.7. The molecule has 252 valence electrons. The molecule has 6 aromatic rings. The predicted molar refractivity (Wildman–Crippen MR) is 196 cm³/mol. The van der Waals surface area contributed by atoms with Crippen LogP contribution in [0.1, 0.15) is 59.8 Å². The van der Waals surface area contributed by atoms with E-state index in [0.29, 0.717) is 35.8 Å². The second-order valence-corrected chi connectivity index (χ2v) is 13.9. The molecule has 1 aliphatic rings. The van der Waals surface area contributed by atoms with Crippen LogP contribution < -0.4 is 10.6 Å². The third-order valence-electron chi connectivity index (χ3n) is 9.41. The first-order chi connectivity index (χ1) is 24.0. The summed E-state index contributed by atoms with van der Waals surface area (Å²) < 4.78 is 11.4. The Morgan fingerprint density at radius 1 is 0.820 bits per heavy atom. The Hall–Kier alpha value is -5.89. The van der Waals surface area contributed by atoms with E-state index in [1.165, 1.54) is 0 Å². The summed E-state index contributed by atoms with van der Waals surface area (Å²) in [5, 5.41) is 21.8. The molecule has 0 bridgehead atoms. The first-order valence-corrected chi connectivity index (χ1v) is 16.7. The van der Waals surface area contributed by atoms with Gasteiger partial charge >= 0.3 is 12.2 Å². The number of ether oxygens (including phenoxy) is 2. The summed E-state index contributed by atoms with van der Waals surface area (Å²) in [6.07, 6.45) is 0.832. The van der Waals surface area contributed by atoms with Gasteiger partial charge in [-0.2, -0.15) is 0 Å². The molecule has 0 saturated carbocycles. The lowest BCUT2D eigenvalue weighted by molar-refractivity contribution is 0.0440. The van der Waals surface area contributed by atoms with Crippen LogP contribution in [-0.2, 0) is 34.5 Å². The van der Waals surface area contributed by atoms with Gasteiger partial charge in [0.25, 0.3) is 0 Å². The number of phenolic OH excluding ortho intramolecular Hbond substituents is 1. The van der Waals surface area contributed by atoms with Crippen molar-refractivity contribution in [2.24, 2.45) is 0 Å². The molecule has 0 spiro atoms. The minimum atomic E-state index is -1.07. The van der Waals surface area contributed by atoms with Gasteiger partial charge in [-0.05, 0) is 101 Å². The van der Waals surface area contributed by atoms with E-state index < -0.39 is 23.3 Å². The minimum absolute atomic E-state index is 0.0437. The molecular formula is C42H38N2O6. The van der Waals surface area contributed by atoms with Crippen LogP contribution in [-0.4, -0.2) is 29.2 Å². The summed E-state index contributed by atoms with van der Waals surface area (Å²) in [6.45, 7) is 5.47. The molecule has 50 heavy (non-hydrogen) atoms. The molecule has 0 fully saturated rings. The van der Waals surface area contributed by atoms with E-state index in [9.17, 15) is 19.5 Å². The van der Waals surface area contributed by atoms with Crippen molar-refractivity contribution in [2.45, 2.75) is 57.8 Å². The Bertz CT molecular complexity index is 2290. The van der Waals surface area contributed by atoms with E-state index >= 15 is 0 Å². The van der Waals surface area contributed by atoms with E-state index in [-0.39, 0.29) is 18.0 Å². The second kappa shape index (κ2) is 12.9. The Morgan fingerprint density at radius 3 is 2.32 bits per heavy atom. The zero-order valence-corrected chi connectivity index (χ0v) is 28.2. The molecule has 3 N–H and O–H groups in total. The van der Waals surface area contributed by atoms with E-state index in [1.807, 2.05) is 93.6 Å². The summed E-state index contributed by atoms with van der Waals surface area (Å²) in [4.78, 5) is 40.0. The normalized spacial score (nSPS) is 15.7. The van der Waals surface area contributed by atoms with Crippen LogP contribution in [0, 0.1) is 0 Å². The largest absolute Gasteiger partial charge is 0.508 e. The summed E-state index contributed by atoms with van der Waals surface area (Å²) in [7, 11) is 0. The third kappa shape index (κ3) is 6.32. The summed E-state index contributed by atoms with van der Waals surface area (Å²) in [5.41, 5.74) is 2.32. The molecule has 0 radical (unpaired) electrons. The number of carbonyl (C=O) groups excluding carboxylic acids is 3. The standard InChI is InChI=1S/C42H38N2O6/c1-41(2,3)50-40(48)44-42(20-19-33-29(23-42)14-17-34-32-18-15-30(46)21-28(32)13-16-35(33)34)37-22-27-11-7-8-12-31(27)36(24-45)38(37)43-39(47)49-25-26-9-5-4-6-10-26/h4-18,21-22,24,46H,19-20,23,25H2,1-3H3,(H,43,47)(H,44,48)/t42-/m0/s1. The first-order valence-electron chi connectivity index (χ1n) is 16.7. The molecule has 0 unspecified atom stereocenters. The lowest BCUT2D eigenvalue weighted by Crippen LogP contribution is -2.51. The molecule has 1 aliphatic carbocycles. The van der Waals surface area contributed by atoms with Crippen molar-refractivity contribution < 1.29 is 29.0 Å². The van der Waals surface area contributed by atoms with Gasteiger partial charge in [0, 0.05) is 17.5 Å². The summed E-state index contributed by atoms with van der Waals surface area (Å²) in [5.74, 6) is 0.214. The smallest absolute Gasteiger partial charge is 0.411 e. The van der Waals surface area contributed by atoms with Crippen LogP contribution in [0.5, 0.6) is 5.75 Å². The van der Waals surface area contributed by atoms with E-state index in [1.54, 1.807) is 12.1 Å². The molecule has 1 atom stereocenters. The van der Waals surface area contributed by atoms with Gasteiger partial charge in [-0.15, -0.1) is 0 Å². The van der Waals surface area contributed by atoms with E-state index in [0.717, 1.165) is 49.9 Å². The van der Waals surface area contributed by atoms with Crippen molar-refractivity contribution in [2.75, 3.05) is 5.32 Å². The first kappa shape index (κ1) is 32.6. The molecule has 8 heteroatoms. The number of rotatable bonds is 6. The molecule has 6 aromatic carbocycles. The summed E-state index contributed by atoms with van der Waals surface area (Å²) >= 11 is 0. The minimum Gasteiger partial charge on any atom is -0.508 e. The Kier molecular flexibility index (Phi) is 8.39. The number of aromatic hydroxyl groups is 1. The van der Waals surface area contributed by atoms with Gasteiger partial charge in [0.15, 0.2) is 6.29 Å². The number of nitrogens with one attached hydrogen (secondary N) is 2. The Balaban J connectivity index is 1.37. The van der Waals surface area contributed by atoms with Crippen molar-refractivity contribution in [1.82, 2.24) is 5.32 Å². The highest BCUT2D eigenvalue weighted by Crippen LogP contribution is 2.45. The SMILES string of the molecule is CC(C)(C)OC(=O)N[C@@]1(c2cc3ccccc3c(C=O)c2NC(=O)OCc2ccccc2)CCc2c(ccc3c2ccc2cc(O)ccc23)C1. The van der Waals surface area contributed by atoms with E-state index in [4.69, 9.17) is 9.47 Å².